The summed E-state index contributed by atoms with van der Waals surface area (Å²) in [6, 6.07) is 3.82. The van der Waals surface area contributed by atoms with E-state index >= 15 is 0 Å². The molecule has 0 aliphatic heterocycles. The van der Waals surface area contributed by atoms with Gasteiger partial charge in [-0.3, -0.25) is 4.79 Å². The average Bonchev–Trinajstić information content (AvgIpc) is 2.28. The molecule has 0 heterocycles. The third-order valence-electron chi connectivity index (χ3n) is 2.27. The molecule has 0 spiro atoms. The monoisotopic (exact) mass is 237 g/mol. The quantitative estimate of drug-likeness (QED) is 0.685. The molecule has 0 radical (unpaired) electrons. The van der Waals surface area contributed by atoms with E-state index in [1.807, 2.05) is 6.92 Å². The summed E-state index contributed by atoms with van der Waals surface area (Å²) in [4.78, 5) is 22.4. The first kappa shape index (κ1) is 13.0. The predicted octanol–water partition coefficient (Wildman–Crippen LogP) is 2.22. The first-order chi connectivity index (χ1) is 8.04. The average molecular weight is 237 g/mol. The largest absolute Gasteiger partial charge is 0.508 e. The molecule has 0 unspecified atom stereocenters. The molecule has 1 rings (SSSR count). The zero-order valence-corrected chi connectivity index (χ0v) is 9.56. The minimum absolute atomic E-state index is 0.116. The van der Waals surface area contributed by atoms with Crippen LogP contribution in [0.2, 0.25) is 0 Å². The molecule has 5 nitrogen and oxygen atoms in total. The summed E-state index contributed by atoms with van der Waals surface area (Å²) in [5.41, 5.74) is 0.0891. The van der Waals surface area contributed by atoms with E-state index in [0.717, 1.165) is 18.9 Å². The molecular weight excluding hydrogens is 222 g/mol. The van der Waals surface area contributed by atoms with Gasteiger partial charge < -0.3 is 15.5 Å². The van der Waals surface area contributed by atoms with Crippen molar-refractivity contribution in [1.29, 1.82) is 0 Å². The molecule has 1 aromatic rings. The fourth-order valence-electron chi connectivity index (χ4n) is 1.37. The Kier molecular flexibility index (Phi) is 4.51. The first-order valence-electron chi connectivity index (χ1n) is 5.40. The van der Waals surface area contributed by atoms with Crippen molar-refractivity contribution in [2.24, 2.45) is 0 Å². The number of nitrogens with one attached hydrogen (secondary N) is 1. The number of phenolic OH excluding ortho intramolecular Hbond substituents is 1. The van der Waals surface area contributed by atoms with E-state index in [1.54, 1.807) is 0 Å². The standard InChI is InChI=1S/C12H15NO4/c1-2-3-4-11(15)13-10-6-5-8(14)7-9(10)12(16)17/h5-7,14H,2-4H2,1H3,(H,13,15)(H,16,17). The maximum atomic E-state index is 11.5. The number of carbonyl (C=O) groups is 2. The second kappa shape index (κ2) is 5.89. The van der Waals surface area contributed by atoms with Gasteiger partial charge in [-0.15, -0.1) is 0 Å². The molecule has 0 atom stereocenters. The van der Waals surface area contributed by atoms with Crippen LogP contribution in [0.1, 0.15) is 36.5 Å². The highest BCUT2D eigenvalue weighted by Crippen LogP contribution is 2.21. The SMILES string of the molecule is CCCCC(=O)Nc1ccc(O)cc1C(=O)O. The molecular formula is C12H15NO4. The molecule has 0 aliphatic rings. The normalized spacial score (nSPS) is 9.94. The van der Waals surface area contributed by atoms with Gasteiger partial charge in [-0.25, -0.2) is 4.79 Å². The van der Waals surface area contributed by atoms with Crippen molar-refractivity contribution in [1.82, 2.24) is 0 Å². The number of anilines is 1. The lowest BCUT2D eigenvalue weighted by atomic mass is 10.1. The molecule has 0 bridgehead atoms. The van der Waals surface area contributed by atoms with Crippen LogP contribution in [0.25, 0.3) is 0 Å². The van der Waals surface area contributed by atoms with E-state index in [1.165, 1.54) is 12.1 Å². The first-order valence-corrected chi connectivity index (χ1v) is 5.40. The third-order valence-corrected chi connectivity index (χ3v) is 2.27. The molecule has 0 fully saturated rings. The summed E-state index contributed by atoms with van der Waals surface area (Å²) in [5.74, 6) is -1.55. The van der Waals surface area contributed by atoms with Crippen molar-refractivity contribution in [3.63, 3.8) is 0 Å². The lowest BCUT2D eigenvalue weighted by Gasteiger charge is -2.08. The van der Waals surface area contributed by atoms with Gasteiger partial charge in [0.1, 0.15) is 5.75 Å². The molecule has 0 saturated carbocycles. The molecule has 92 valence electrons. The van der Waals surface area contributed by atoms with Gasteiger partial charge >= 0.3 is 5.97 Å². The van der Waals surface area contributed by atoms with Gasteiger partial charge in [-0.2, -0.15) is 0 Å². The number of carbonyl (C=O) groups excluding carboxylic acids is 1. The molecule has 5 heteroatoms. The fraction of sp³-hybridized carbons (Fsp3) is 0.333. The summed E-state index contributed by atoms with van der Waals surface area (Å²) in [5, 5.41) is 20.6. The van der Waals surface area contributed by atoms with Gasteiger partial charge in [-0.05, 0) is 24.6 Å². The third kappa shape index (κ3) is 3.79. The number of phenols is 1. The Labute approximate surface area is 99.1 Å². The molecule has 1 aromatic carbocycles. The van der Waals surface area contributed by atoms with E-state index in [2.05, 4.69) is 5.32 Å². The van der Waals surface area contributed by atoms with Crippen LogP contribution >= 0.6 is 0 Å². The number of hydrogen-bond acceptors (Lipinski definition) is 3. The van der Waals surface area contributed by atoms with Crippen molar-refractivity contribution in [3.8, 4) is 5.75 Å². The number of aromatic hydroxyl groups is 1. The Balaban J connectivity index is 2.83. The van der Waals surface area contributed by atoms with E-state index in [9.17, 15) is 14.7 Å². The molecule has 3 N–H and O–H groups in total. The number of aromatic carboxylic acids is 1. The van der Waals surface area contributed by atoms with Crippen molar-refractivity contribution < 1.29 is 19.8 Å². The number of rotatable bonds is 5. The Morgan fingerprint density at radius 2 is 2.06 bits per heavy atom. The smallest absolute Gasteiger partial charge is 0.337 e. The summed E-state index contributed by atoms with van der Waals surface area (Å²) < 4.78 is 0. The Hall–Kier alpha value is -2.04. The van der Waals surface area contributed by atoms with Crippen LogP contribution in [0.5, 0.6) is 5.75 Å². The van der Waals surface area contributed by atoms with Crippen molar-refractivity contribution >= 4 is 17.6 Å². The second-order valence-corrected chi connectivity index (χ2v) is 3.69. The Morgan fingerprint density at radius 1 is 1.35 bits per heavy atom. The van der Waals surface area contributed by atoms with Gasteiger partial charge in [-0.1, -0.05) is 13.3 Å². The number of benzene rings is 1. The van der Waals surface area contributed by atoms with E-state index in [4.69, 9.17) is 5.11 Å². The number of hydrogen-bond donors (Lipinski definition) is 3. The summed E-state index contributed by atoms with van der Waals surface area (Å²) in [6.07, 6.45) is 2.01. The van der Waals surface area contributed by atoms with Crippen LogP contribution in [-0.2, 0) is 4.79 Å². The summed E-state index contributed by atoms with van der Waals surface area (Å²) in [7, 11) is 0. The molecule has 0 aliphatic carbocycles. The highest BCUT2D eigenvalue weighted by molar-refractivity contribution is 6.00. The Morgan fingerprint density at radius 3 is 2.65 bits per heavy atom. The van der Waals surface area contributed by atoms with Crippen LogP contribution in [0.4, 0.5) is 5.69 Å². The maximum absolute atomic E-state index is 11.5. The molecule has 17 heavy (non-hydrogen) atoms. The fourth-order valence-corrected chi connectivity index (χ4v) is 1.37. The number of carboxylic acid groups (broad SMARTS) is 1. The van der Waals surface area contributed by atoms with Gasteiger partial charge in [0, 0.05) is 6.42 Å². The highest BCUT2D eigenvalue weighted by atomic mass is 16.4. The predicted molar refractivity (Wildman–Crippen MR) is 63.2 cm³/mol. The number of amides is 1. The van der Waals surface area contributed by atoms with Gasteiger partial charge in [0.15, 0.2) is 0 Å². The number of unbranched alkanes of at least 4 members (excludes halogenated alkanes) is 1. The molecule has 0 saturated heterocycles. The van der Waals surface area contributed by atoms with Crippen molar-refractivity contribution in [3.05, 3.63) is 23.8 Å². The summed E-state index contributed by atoms with van der Waals surface area (Å²) in [6.45, 7) is 1.97. The van der Waals surface area contributed by atoms with Crippen LogP contribution in [0.3, 0.4) is 0 Å². The van der Waals surface area contributed by atoms with E-state index < -0.39 is 5.97 Å². The topological polar surface area (TPSA) is 86.6 Å². The van der Waals surface area contributed by atoms with Crippen LogP contribution in [0, 0.1) is 0 Å². The van der Waals surface area contributed by atoms with Gasteiger partial charge in [0.25, 0.3) is 0 Å². The van der Waals surface area contributed by atoms with E-state index in [-0.39, 0.29) is 22.9 Å². The zero-order chi connectivity index (χ0) is 12.8. The highest BCUT2D eigenvalue weighted by Gasteiger charge is 2.12. The minimum Gasteiger partial charge on any atom is -0.508 e. The minimum atomic E-state index is -1.19. The maximum Gasteiger partial charge on any atom is 0.337 e. The second-order valence-electron chi connectivity index (χ2n) is 3.69. The van der Waals surface area contributed by atoms with Crippen molar-refractivity contribution in [2.75, 3.05) is 5.32 Å². The Bertz CT molecular complexity index is 429. The summed E-state index contributed by atoms with van der Waals surface area (Å²) >= 11 is 0. The van der Waals surface area contributed by atoms with Crippen LogP contribution in [-0.4, -0.2) is 22.1 Å². The van der Waals surface area contributed by atoms with Crippen LogP contribution < -0.4 is 5.32 Å². The zero-order valence-electron chi connectivity index (χ0n) is 9.56. The lowest BCUT2D eigenvalue weighted by Crippen LogP contribution is -2.14. The molecule has 1 amide bonds. The molecule has 0 aromatic heterocycles. The van der Waals surface area contributed by atoms with Crippen molar-refractivity contribution in [2.45, 2.75) is 26.2 Å². The van der Waals surface area contributed by atoms with Gasteiger partial charge in [0.05, 0.1) is 11.3 Å². The number of carboxylic acids is 1. The van der Waals surface area contributed by atoms with E-state index in [0.29, 0.717) is 6.42 Å². The van der Waals surface area contributed by atoms with Crippen LogP contribution in [0.15, 0.2) is 18.2 Å². The van der Waals surface area contributed by atoms with Gasteiger partial charge in [0.2, 0.25) is 5.91 Å². The lowest BCUT2D eigenvalue weighted by molar-refractivity contribution is -0.116.